The van der Waals surface area contributed by atoms with Crippen LogP contribution in [-0.2, 0) is 9.59 Å². The summed E-state index contributed by atoms with van der Waals surface area (Å²) < 4.78 is 15.8. The molecule has 8 aromatic rings. The first kappa shape index (κ1) is 54.5. The lowest BCUT2D eigenvalue weighted by Gasteiger charge is -2.32. The highest BCUT2D eigenvalue weighted by atomic mass is 16.5. The van der Waals surface area contributed by atoms with Gasteiger partial charge in [0.05, 0.1) is 22.9 Å². The zero-order valence-electron chi connectivity index (χ0n) is 46.1. The number of benzene rings is 4. The Morgan fingerprint density at radius 1 is 0.568 bits per heavy atom. The second-order valence-corrected chi connectivity index (χ2v) is 21.6. The van der Waals surface area contributed by atoms with E-state index in [4.69, 9.17) is 31.1 Å². The number of nitrogens with two attached hydrogens (primary N) is 2. The molecular weight excluding hydrogens is 1020 g/mol. The number of nitrogens with zero attached hydrogens (tertiary/aromatic N) is 11. The van der Waals surface area contributed by atoms with Gasteiger partial charge in [-0.25, -0.2) is 29.3 Å². The normalized spacial score (nSPS) is 18.1. The zero-order valence-corrected chi connectivity index (χ0v) is 46.1. The van der Waals surface area contributed by atoms with E-state index in [0.29, 0.717) is 54.6 Å². The van der Waals surface area contributed by atoms with Gasteiger partial charge in [0.15, 0.2) is 11.3 Å². The van der Waals surface area contributed by atoms with Crippen molar-refractivity contribution >= 4 is 45.5 Å². The molecule has 18 nitrogen and oxygen atoms in total. The fourth-order valence-electron chi connectivity index (χ4n) is 11.7. The Balaban J connectivity index is 0.000000170. The van der Waals surface area contributed by atoms with E-state index in [9.17, 15) is 9.59 Å². The maximum absolute atomic E-state index is 13.1. The van der Waals surface area contributed by atoms with Gasteiger partial charge in [0, 0.05) is 74.6 Å². The molecule has 4 aliphatic rings. The third-order valence-corrected chi connectivity index (χ3v) is 16.1. The molecule has 2 aliphatic heterocycles. The van der Waals surface area contributed by atoms with Crippen molar-refractivity contribution in [3.63, 3.8) is 0 Å². The van der Waals surface area contributed by atoms with Crippen molar-refractivity contribution in [1.29, 1.82) is 0 Å². The standard InChI is InChI=1S/C32H37N7O2.C31H35N7O2/c1-37(24-9-5-6-10-24)19-8-14-28(40)38-20-7-11-25(21-38)39-32-29(31(33)34-22-35-32)30(36-39)23-15-17-27(18-16-23)41-26-12-3-2-4-13-26;32-30-28-29(22-13-15-26(16-14-22)40-25-10-5-2-6-11-25)36-38(31(28)35-21-34-30)24-17-19-37(20-24)27(39)12-7-18-33-23-8-3-1-4-9-23/h2-4,8,12-18,22,24-25H,5-7,9-11,19-21H2,1H3,(H2,33,34,35);2,5-7,10-16,21,23-24,33H,1,3-4,8-9,17-20H2,(H2,32,34,35)/b14-8+;12-7+. The van der Waals surface area contributed by atoms with Crippen LogP contribution in [0.3, 0.4) is 0 Å². The molecule has 0 radical (unpaired) electrons. The molecule has 18 heteroatoms. The van der Waals surface area contributed by atoms with Crippen LogP contribution < -0.4 is 26.3 Å². The highest BCUT2D eigenvalue weighted by Crippen LogP contribution is 2.37. The minimum atomic E-state index is -0.00602. The van der Waals surface area contributed by atoms with Gasteiger partial charge in [-0.1, -0.05) is 80.7 Å². The van der Waals surface area contributed by atoms with E-state index in [1.54, 1.807) is 12.2 Å². The van der Waals surface area contributed by atoms with Crippen LogP contribution in [0, 0.1) is 0 Å². The van der Waals surface area contributed by atoms with Crippen LogP contribution in [0.5, 0.6) is 23.0 Å². The Labute approximate surface area is 472 Å². The number of fused-ring (bicyclic) bond motifs is 2. The van der Waals surface area contributed by atoms with E-state index < -0.39 is 0 Å². The van der Waals surface area contributed by atoms with Crippen molar-refractivity contribution in [3.8, 4) is 45.5 Å². The smallest absolute Gasteiger partial charge is 0.246 e. The summed E-state index contributed by atoms with van der Waals surface area (Å²) >= 11 is 0. The molecule has 0 bridgehead atoms. The second-order valence-electron chi connectivity index (χ2n) is 21.6. The number of nitrogen functional groups attached to an aromatic ring is 2. The fraction of sp³-hybridized carbons (Fsp3) is 0.365. The van der Waals surface area contributed by atoms with Gasteiger partial charge < -0.3 is 36.1 Å². The van der Waals surface area contributed by atoms with Gasteiger partial charge in [-0.2, -0.15) is 10.2 Å². The van der Waals surface area contributed by atoms with Crippen LogP contribution in [0.4, 0.5) is 11.6 Å². The SMILES string of the molecule is CN(C/C=C/C(=O)N1CCCC(n2nc(-c3ccc(Oc4ccccc4)cc3)c3c(N)ncnc32)C1)C1CCCC1.Nc1ncnc2c1c(-c1ccc(Oc3ccccc3)cc1)nn2C1CCN(C(=O)/C=C/CNC2CCCCC2)C1. The fourth-order valence-corrected chi connectivity index (χ4v) is 11.7. The number of ether oxygens (including phenoxy) is 2. The number of rotatable bonds is 16. The Hall–Kier alpha value is -8.48. The molecule has 2 saturated heterocycles. The number of piperidine rings is 1. The topological polar surface area (TPSA) is 214 Å². The third-order valence-electron chi connectivity index (χ3n) is 16.1. The van der Waals surface area contributed by atoms with Crippen molar-refractivity contribution in [2.45, 2.75) is 101 Å². The first-order valence-corrected chi connectivity index (χ1v) is 28.7. The highest BCUT2D eigenvalue weighted by molar-refractivity contribution is 5.99. The van der Waals surface area contributed by atoms with Crippen molar-refractivity contribution in [1.82, 2.24) is 59.5 Å². The lowest BCUT2D eigenvalue weighted by molar-refractivity contribution is -0.127. The summed E-state index contributed by atoms with van der Waals surface area (Å²) in [4.78, 5) is 49.8. The van der Waals surface area contributed by atoms with E-state index in [1.807, 2.05) is 141 Å². The molecule has 418 valence electrons. The lowest BCUT2D eigenvalue weighted by Crippen LogP contribution is -2.40. The summed E-state index contributed by atoms with van der Waals surface area (Å²) in [6, 6.07) is 36.1. The zero-order chi connectivity index (χ0) is 55.5. The predicted molar refractivity (Wildman–Crippen MR) is 317 cm³/mol. The number of aromatic nitrogens is 8. The van der Waals surface area contributed by atoms with Crippen molar-refractivity contribution in [2.75, 3.05) is 57.8 Å². The summed E-state index contributed by atoms with van der Waals surface area (Å²) in [6.45, 7) is 4.09. The number of anilines is 2. The Bertz CT molecular complexity index is 3450. The van der Waals surface area contributed by atoms with Gasteiger partial charge in [-0.15, -0.1) is 0 Å². The van der Waals surface area contributed by atoms with Crippen LogP contribution >= 0.6 is 0 Å². The molecule has 6 heterocycles. The van der Waals surface area contributed by atoms with Gasteiger partial charge in [0.2, 0.25) is 11.8 Å². The summed E-state index contributed by atoms with van der Waals surface area (Å²) in [6.07, 6.45) is 24.4. The van der Waals surface area contributed by atoms with E-state index in [0.717, 1.165) is 95.2 Å². The van der Waals surface area contributed by atoms with Crippen LogP contribution in [0.15, 0.2) is 146 Å². The molecule has 4 aromatic heterocycles. The van der Waals surface area contributed by atoms with Crippen LogP contribution in [0.2, 0.25) is 0 Å². The molecule has 2 saturated carbocycles. The Kier molecular flexibility index (Phi) is 17.3. The van der Waals surface area contributed by atoms with Gasteiger partial charge in [-0.3, -0.25) is 14.5 Å². The number of hydrogen-bond acceptors (Lipinski definition) is 14. The number of likely N-dealkylation sites (N-methyl/N-ethyl adjacent to an activating group) is 1. The van der Waals surface area contributed by atoms with E-state index in [1.165, 1.54) is 70.4 Å². The van der Waals surface area contributed by atoms with Crippen molar-refractivity contribution in [2.24, 2.45) is 0 Å². The van der Waals surface area contributed by atoms with Crippen molar-refractivity contribution < 1.29 is 19.1 Å². The largest absolute Gasteiger partial charge is 0.457 e. The average Bonchev–Trinajstić information content (AvgIpc) is 4.47. The maximum Gasteiger partial charge on any atom is 0.246 e. The Morgan fingerprint density at radius 3 is 1.59 bits per heavy atom. The number of likely N-dealkylation sites (tertiary alicyclic amines) is 2. The molecule has 4 aromatic carbocycles. The molecule has 2 amide bonds. The molecule has 5 N–H and O–H groups in total. The molecule has 4 fully saturated rings. The van der Waals surface area contributed by atoms with Crippen LogP contribution in [-0.4, -0.2) is 124 Å². The number of carbonyl (C=O) groups excluding carboxylic acids is 2. The molecular formula is C63H72N14O4. The summed E-state index contributed by atoms with van der Waals surface area (Å²) in [5.74, 6) is 3.88. The third kappa shape index (κ3) is 13.1. The highest BCUT2D eigenvalue weighted by Gasteiger charge is 2.31. The van der Waals surface area contributed by atoms with Gasteiger partial charge >= 0.3 is 0 Å². The van der Waals surface area contributed by atoms with Gasteiger partial charge in [0.1, 0.15) is 58.7 Å². The summed E-state index contributed by atoms with van der Waals surface area (Å²) in [5, 5.41) is 15.0. The number of para-hydroxylation sites is 2. The van der Waals surface area contributed by atoms with Gasteiger partial charge in [-0.05, 0) is 125 Å². The molecule has 12 rings (SSSR count). The number of amides is 2. The maximum atomic E-state index is 13.1. The second kappa shape index (κ2) is 25.8. The monoisotopic (exact) mass is 1090 g/mol. The number of nitrogens with one attached hydrogen (secondary N) is 1. The molecule has 2 atom stereocenters. The van der Waals surface area contributed by atoms with E-state index >= 15 is 0 Å². The minimum Gasteiger partial charge on any atom is -0.457 e. The number of carbonyl (C=O) groups is 2. The van der Waals surface area contributed by atoms with Crippen LogP contribution in [0.1, 0.15) is 89.1 Å². The van der Waals surface area contributed by atoms with E-state index in [-0.39, 0.29) is 23.9 Å². The Morgan fingerprint density at radius 2 is 1.05 bits per heavy atom. The van der Waals surface area contributed by atoms with Crippen molar-refractivity contribution in [3.05, 3.63) is 146 Å². The predicted octanol–water partition coefficient (Wildman–Crippen LogP) is 10.6. The average molecular weight is 1090 g/mol. The first-order chi connectivity index (χ1) is 39.7. The minimum absolute atomic E-state index is 0.00366. The van der Waals surface area contributed by atoms with Crippen LogP contribution in [0.25, 0.3) is 44.6 Å². The molecule has 2 aliphatic carbocycles. The van der Waals surface area contributed by atoms with E-state index in [2.05, 4.69) is 37.2 Å². The molecule has 0 spiro atoms. The number of hydrogen-bond donors (Lipinski definition) is 3. The lowest BCUT2D eigenvalue weighted by atomic mass is 9.95. The molecule has 81 heavy (non-hydrogen) atoms. The summed E-state index contributed by atoms with van der Waals surface area (Å²) in [7, 11) is 2.15. The quantitative estimate of drug-likeness (QED) is 0.0768. The summed E-state index contributed by atoms with van der Waals surface area (Å²) in [5.41, 5.74) is 17.3. The van der Waals surface area contributed by atoms with Gasteiger partial charge in [0.25, 0.3) is 0 Å². The molecule has 2 unspecified atom stereocenters. The first-order valence-electron chi connectivity index (χ1n) is 28.7.